The lowest BCUT2D eigenvalue weighted by molar-refractivity contribution is 0.177. The monoisotopic (exact) mass is 339 g/mol. The number of unbranched alkanes of at least 4 members (excludes halogenated alkanes) is 1. The first kappa shape index (κ1) is 17.8. The fraction of sp³-hybridized carbons (Fsp3) is 0.455. The van der Waals surface area contributed by atoms with E-state index in [-0.39, 0.29) is 0 Å². The van der Waals surface area contributed by atoms with Gasteiger partial charge in [0.05, 0.1) is 6.61 Å². The highest BCUT2D eigenvalue weighted by molar-refractivity contribution is 5.36. The number of hydrogen-bond acceptors (Lipinski definition) is 3. The number of para-hydroxylation sites is 1. The van der Waals surface area contributed by atoms with E-state index in [0.717, 1.165) is 36.2 Å². The summed E-state index contributed by atoms with van der Waals surface area (Å²) in [6, 6.07) is 17.7. The molecule has 25 heavy (non-hydrogen) atoms. The van der Waals surface area contributed by atoms with Gasteiger partial charge in [0.2, 0.25) is 0 Å². The van der Waals surface area contributed by atoms with Crippen LogP contribution in [0.2, 0.25) is 0 Å². The van der Waals surface area contributed by atoms with E-state index in [1.165, 1.54) is 38.9 Å². The van der Waals surface area contributed by atoms with Crippen molar-refractivity contribution in [3.05, 3.63) is 54.6 Å². The molecule has 1 unspecified atom stereocenters. The van der Waals surface area contributed by atoms with Crippen molar-refractivity contribution in [1.29, 1.82) is 0 Å². The Morgan fingerprint density at radius 2 is 1.76 bits per heavy atom. The SMILES string of the molecule is CC1CCCN(CCCCOc2cccc(Oc3ccccc3)c2)C1. The first-order valence-corrected chi connectivity index (χ1v) is 9.48. The number of benzene rings is 2. The van der Waals surface area contributed by atoms with E-state index in [0.29, 0.717) is 0 Å². The largest absolute Gasteiger partial charge is 0.493 e. The Balaban J connectivity index is 1.37. The average molecular weight is 339 g/mol. The molecule has 0 N–H and O–H groups in total. The standard InChI is InChI=1S/C22H29NO2/c1-19-9-8-15-23(18-19)14-5-6-16-24-21-12-7-13-22(17-21)25-20-10-3-2-4-11-20/h2-4,7,10-13,17,19H,5-6,8-9,14-16,18H2,1H3. The zero-order valence-electron chi connectivity index (χ0n) is 15.2. The molecule has 3 rings (SSSR count). The lowest BCUT2D eigenvalue weighted by Gasteiger charge is -2.30. The Kier molecular flexibility index (Phi) is 6.75. The van der Waals surface area contributed by atoms with Gasteiger partial charge >= 0.3 is 0 Å². The van der Waals surface area contributed by atoms with Crippen molar-refractivity contribution >= 4 is 0 Å². The number of hydrogen-bond donors (Lipinski definition) is 0. The van der Waals surface area contributed by atoms with Gasteiger partial charge in [0.15, 0.2) is 0 Å². The van der Waals surface area contributed by atoms with Crippen molar-refractivity contribution in [2.24, 2.45) is 5.92 Å². The number of likely N-dealkylation sites (tertiary alicyclic amines) is 1. The molecule has 1 aliphatic heterocycles. The third kappa shape index (κ3) is 6.09. The maximum absolute atomic E-state index is 5.90. The number of piperidine rings is 1. The quantitative estimate of drug-likeness (QED) is 0.604. The smallest absolute Gasteiger partial charge is 0.131 e. The molecular formula is C22H29NO2. The summed E-state index contributed by atoms with van der Waals surface area (Å²) in [6.07, 6.45) is 5.04. The van der Waals surface area contributed by atoms with Crippen LogP contribution < -0.4 is 9.47 Å². The molecule has 0 spiro atoms. The van der Waals surface area contributed by atoms with Gasteiger partial charge in [-0.25, -0.2) is 0 Å². The summed E-state index contributed by atoms with van der Waals surface area (Å²) in [7, 11) is 0. The van der Waals surface area contributed by atoms with Gasteiger partial charge in [-0.1, -0.05) is 31.2 Å². The summed E-state index contributed by atoms with van der Waals surface area (Å²) < 4.78 is 11.7. The third-order valence-electron chi connectivity index (χ3n) is 4.66. The van der Waals surface area contributed by atoms with Crippen molar-refractivity contribution in [1.82, 2.24) is 4.90 Å². The predicted octanol–water partition coefficient (Wildman–Crippen LogP) is 5.37. The normalized spacial score (nSPS) is 18.0. The highest BCUT2D eigenvalue weighted by atomic mass is 16.5. The maximum Gasteiger partial charge on any atom is 0.131 e. The molecule has 1 fully saturated rings. The molecule has 1 aliphatic rings. The van der Waals surface area contributed by atoms with Crippen LogP contribution in [0.1, 0.15) is 32.6 Å². The van der Waals surface area contributed by atoms with Crippen LogP contribution in [0.4, 0.5) is 0 Å². The van der Waals surface area contributed by atoms with Crippen molar-refractivity contribution in [2.75, 3.05) is 26.2 Å². The second-order valence-electron chi connectivity index (χ2n) is 6.99. The van der Waals surface area contributed by atoms with Gasteiger partial charge < -0.3 is 14.4 Å². The Bertz CT molecular complexity index is 629. The summed E-state index contributed by atoms with van der Waals surface area (Å²) in [5.41, 5.74) is 0. The van der Waals surface area contributed by atoms with E-state index in [4.69, 9.17) is 9.47 Å². The molecule has 1 heterocycles. The van der Waals surface area contributed by atoms with Crippen molar-refractivity contribution in [2.45, 2.75) is 32.6 Å². The minimum atomic E-state index is 0.762. The molecule has 0 aromatic heterocycles. The van der Waals surface area contributed by atoms with E-state index >= 15 is 0 Å². The van der Waals surface area contributed by atoms with Crippen LogP contribution in [0.3, 0.4) is 0 Å². The first-order chi connectivity index (χ1) is 12.3. The lowest BCUT2D eigenvalue weighted by Crippen LogP contribution is -2.35. The molecule has 3 heteroatoms. The van der Waals surface area contributed by atoms with Crippen molar-refractivity contribution < 1.29 is 9.47 Å². The fourth-order valence-electron chi connectivity index (χ4n) is 3.37. The minimum absolute atomic E-state index is 0.762. The van der Waals surface area contributed by atoms with Gasteiger partial charge in [0.25, 0.3) is 0 Å². The van der Waals surface area contributed by atoms with Gasteiger partial charge in [-0.3, -0.25) is 0 Å². The molecule has 0 radical (unpaired) electrons. The van der Waals surface area contributed by atoms with Gasteiger partial charge in [-0.15, -0.1) is 0 Å². The molecule has 0 aliphatic carbocycles. The topological polar surface area (TPSA) is 21.7 Å². The van der Waals surface area contributed by atoms with E-state index in [1.54, 1.807) is 0 Å². The van der Waals surface area contributed by atoms with Gasteiger partial charge in [-0.2, -0.15) is 0 Å². The van der Waals surface area contributed by atoms with Crippen LogP contribution in [0, 0.1) is 5.92 Å². The maximum atomic E-state index is 5.90. The molecule has 3 nitrogen and oxygen atoms in total. The van der Waals surface area contributed by atoms with Crippen LogP contribution in [-0.4, -0.2) is 31.1 Å². The highest BCUT2D eigenvalue weighted by Crippen LogP contribution is 2.25. The first-order valence-electron chi connectivity index (χ1n) is 9.48. The summed E-state index contributed by atoms with van der Waals surface area (Å²) in [6.45, 7) is 6.85. The van der Waals surface area contributed by atoms with Crippen LogP contribution in [-0.2, 0) is 0 Å². The Morgan fingerprint density at radius 1 is 0.960 bits per heavy atom. The predicted molar refractivity (Wildman–Crippen MR) is 103 cm³/mol. The summed E-state index contributed by atoms with van der Waals surface area (Å²) in [5.74, 6) is 3.39. The Labute approximate surface area is 151 Å². The molecule has 134 valence electrons. The second kappa shape index (κ2) is 9.47. The third-order valence-corrected chi connectivity index (χ3v) is 4.66. The number of rotatable bonds is 8. The van der Waals surface area contributed by atoms with E-state index in [9.17, 15) is 0 Å². The van der Waals surface area contributed by atoms with Crippen LogP contribution in [0.25, 0.3) is 0 Å². The molecule has 0 saturated carbocycles. The average Bonchev–Trinajstić information content (AvgIpc) is 2.63. The molecule has 2 aromatic rings. The van der Waals surface area contributed by atoms with Gasteiger partial charge in [0.1, 0.15) is 17.2 Å². The van der Waals surface area contributed by atoms with Crippen LogP contribution >= 0.6 is 0 Å². The number of nitrogens with zero attached hydrogens (tertiary/aromatic N) is 1. The van der Waals surface area contributed by atoms with Crippen molar-refractivity contribution in [3.63, 3.8) is 0 Å². The summed E-state index contributed by atoms with van der Waals surface area (Å²) in [4.78, 5) is 2.60. The van der Waals surface area contributed by atoms with Crippen LogP contribution in [0.5, 0.6) is 17.2 Å². The summed E-state index contributed by atoms with van der Waals surface area (Å²) >= 11 is 0. The zero-order valence-corrected chi connectivity index (χ0v) is 15.2. The lowest BCUT2D eigenvalue weighted by atomic mass is 10.0. The minimum Gasteiger partial charge on any atom is -0.493 e. The second-order valence-corrected chi connectivity index (χ2v) is 6.99. The van der Waals surface area contributed by atoms with E-state index < -0.39 is 0 Å². The zero-order chi connectivity index (χ0) is 17.3. The van der Waals surface area contributed by atoms with Crippen LogP contribution in [0.15, 0.2) is 54.6 Å². The van der Waals surface area contributed by atoms with E-state index in [1.807, 2.05) is 54.6 Å². The molecule has 1 saturated heterocycles. The Hall–Kier alpha value is -2.00. The Morgan fingerprint density at radius 3 is 2.60 bits per heavy atom. The van der Waals surface area contributed by atoms with E-state index in [2.05, 4.69) is 11.8 Å². The molecular weight excluding hydrogens is 310 g/mol. The highest BCUT2D eigenvalue weighted by Gasteiger charge is 2.15. The van der Waals surface area contributed by atoms with Gasteiger partial charge in [-0.05, 0) is 69.0 Å². The summed E-state index contributed by atoms with van der Waals surface area (Å²) in [5, 5.41) is 0. The van der Waals surface area contributed by atoms with Gasteiger partial charge in [0, 0.05) is 12.6 Å². The molecule has 1 atom stereocenters. The molecule has 0 bridgehead atoms. The fourth-order valence-corrected chi connectivity index (χ4v) is 3.37. The molecule has 0 amide bonds. The number of ether oxygens (including phenoxy) is 2. The molecule has 2 aromatic carbocycles. The van der Waals surface area contributed by atoms with Crippen molar-refractivity contribution in [3.8, 4) is 17.2 Å².